The van der Waals surface area contributed by atoms with Crippen molar-refractivity contribution in [2.75, 3.05) is 13.1 Å². The summed E-state index contributed by atoms with van der Waals surface area (Å²) in [5.41, 5.74) is 0. The molecule has 1 N–H and O–H groups in total. The quantitative estimate of drug-likeness (QED) is 0.690. The highest BCUT2D eigenvalue weighted by Gasteiger charge is 2.04. The average molecular weight is 226 g/mol. The Labute approximate surface area is 97.4 Å². The minimum absolute atomic E-state index is 0.222. The smallest absolute Gasteiger partial charge is 0.195 e. The van der Waals surface area contributed by atoms with E-state index < -0.39 is 0 Å². The zero-order valence-corrected chi connectivity index (χ0v) is 10.5. The molecular weight excluding hydrogens is 204 g/mol. The predicted molar refractivity (Wildman–Crippen MR) is 63.3 cm³/mol. The van der Waals surface area contributed by atoms with Crippen molar-refractivity contribution in [1.82, 2.24) is 10.3 Å². The van der Waals surface area contributed by atoms with Crippen LogP contribution in [0, 0.1) is 0 Å². The largest absolute Gasteiger partial charge is 0.443 e. The van der Waals surface area contributed by atoms with E-state index in [2.05, 4.69) is 17.2 Å². The molecule has 0 aliphatic carbocycles. The maximum atomic E-state index is 5.54. The fourth-order valence-electron chi connectivity index (χ4n) is 1.28. The van der Waals surface area contributed by atoms with Crippen LogP contribution in [0.4, 0.5) is 0 Å². The van der Waals surface area contributed by atoms with Crippen molar-refractivity contribution >= 4 is 0 Å². The van der Waals surface area contributed by atoms with Gasteiger partial charge >= 0.3 is 0 Å². The summed E-state index contributed by atoms with van der Waals surface area (Å²) in [6.07, 6.45) is 3.96. The summed E-state index contributed by atoms with van der Waals surface area (Å²) in [4.78, 5) is 4.21. The van der Waals surface area contributed by atoms with Gasteiger partial charge in [-0.25, -0.2) is 4.98 Å². The molecule has 0 radical (unpaired) electrons. The third-order valence-corrected chi connectivity index (χ3v) is 2.10. The Balaban J connectivity index is 2.22. The Kier molecular flexibility index (Phi) is 6.11. The number of aromatic nitrogens is 1. The van der Waals surface area contributed by atoms with Crippen LogP contribution in [0.25, 0.3) is 0 Å². The lowest BCUT2D eigenvalue weighted by molar-refractivity contribution is 0.0539. The Bertz CT molecular complexity index is 284. The molecule has 4 nitrogen and oxygen atoms in total. The lowest BCUT2D eigenvalue weighted by Gasteiger charge is -2.03. The van der Waals surface area contributed by atoms with Crippen LogP contribution in [-0.4, -0.2) is 24.2 Å². The van der Waals surface area contributed by atoms with Crippen molar-refractivity contribution in [2.24, 2.45) is 0 Å². The molecular formula is C12H22N2O2. The lowest BCUT2D eigenvalue weighted by Crippen LogP contribution is -2.17. The van der Waals surface area contributed by atoms with E-state index in [-0.39, 0.29) is 6.10 Å². The van der Waals surface area contributed by atoms with Gasteiger partial charge in [0.15, 0.2) is 5.89 Å². The van der Waals surface area contributed by atoms with Crippen molar-refractivity contribution in [3.8, 4) is 0 Å². The molecule has 0 saturated heterocycles. The van der Waals surface area contributed by atoms with Crippen LogP contribution >= 0.6 is 0 Å². The molecule has 0 bridgehead atoms. The van der Waals surface area contributed by atoms with Gasteiger partial charge in [-0.3, -0.25) is 0 Å². The van der Waals surface area contributed by atoms with E-state index >= 15 is 0 Å². The third kappa shape index (κ3) is 5.28. The summed E-state index contributed by atoms with van der Waals surface area (Å²) in [5.74, 6) is 1.59. The van der Waals surface area contributed by atoms with Gasteiger partial charge in [0.05, 0.1) is 12.3 Å². The van der Waals surface area contributed by atoms with Gasteiger partial charge in [0, 0.05) is 13.0 Å². The van der Waals surface area contributed by atoms with Crippen LogP contribution in [0.5, 0.6) is 0 Å². The summed E-state index contributed by atoms with van der Waals surface area (Å²) >= 11 is 0. The van der Waals surface area contributed by atoms with Gasteiger partial charge in [-0.2, -0.15) is 0 Å². The van der Waals surface area contributed by atoms with Crippen molar-refractivity contribution in [3.63, 3.8) is 0 Å². The number of hydrogen-bond acceptors (Lipinski definition) is 4. The molecule has 0 spiro atoms. The van der Waals surface area contributed by atoms with Crippen molar-refractivity contribution in [3.05, 3.63) is 17.8 Å². The van der Waals surface area contributed by atoms with Gasteiger partial charge in [0.2, 0.25) is 0 Å². The highest BCUT2D eigenvalue weighted by molar-refractivity contribution is 4.93. The van der Waals surface area contributed by atoms with Crippen molar-refractivity contribution in [2.45, 2.75) is 46.3 Å². The van der Waals surface area contributed by atoms with Crippen LogP contribution in [0.15, 0.2) is 10.6 Å². The molecule has 1 aromatic heterocycles. The minimum atomic E-state index is 0.222. The lowest BCUT2D eigenvalue weighted by atomic mass is 10.4. The second-order valence-electron chi connectivity index (χ2n) is 4.08. The fourth-order valence-corrected chi connectivity index (χ4v) is 1.28. The van der Waals surface area contributed by atoms with Gasteiger partial charge in [-0.1, -0.05) is 6.92 Å². The second-order valence-corrected chi connectivity index (χ2v) is 4.08. The number of hydrogen-bond donors (Lipinski definition) is 1. The molecule has 16 heavy (non-hydrogen) atoms. The first kappa shape index (κ1) is 13.2. The van der Waals surface area contributed by atoms with Crippen LogP contribution in [-0.2, 0) is 17.8 Å². The van der Waals surface area contributed by atoms with E-state index in [0.717, 1.165) is 37.6 Å². The monoisotopic (exact) mass is 226 g/mol. The van der Waals surface area contributed by atoms with Crippen molar-refractivity contribution < 1.29 is 9.15 Å². The second kappa shape index (κ2) is 7.41. The maximum absolute atomic E-state index is 5.54. The van der Waals surface area contributed by atoms with E-state index in [1.54, 1.807) is 6.20 Å². The Morgan fingerprint density at radius 2 is 2.25 bits per heavy atom. The molecule has 0 fully saturated rings. The summed E-state index contributed by atoms with van der Waals surface area (Å²) in [6.45, 7) is 8.63. The minimum Gasteiger partial charge on any atom is -0.443 e. The third-order valence-electron chi connectivity index (χ3n) is 2.10. The number of nitrogens with zero attached hydrogens (tertiary/aromatic N) is 1. The van der Waals surface area contributed by atoms with Crippen LogP contribution in [0.3, 0.4) is 0 Å². The molecule has 0 aliphatic rings. The molecule has 1 heterocycles. The molecule has 4 heteroatoms. The molecule has 1 rings (SSSR count). The first-order valence-electron chi connectivity index (χ1n) is 5.98. The van der Waals surface area contributed by atoms with E-state index in [1.165, 1.54) is 0 Å². The maximum Gasteiger partial charge on any atom is 0.195 e. The Morgan fingerprint density at radius 1 is 1.44 bits per heavy atom. The molecule has 0 unspecified atom stereocenters. The number of ether oxygens (including phenoxy) is 1. The van der Waals surface area contributed by atoms with Gasteiger partial charge in [0.1, 0.15) is 12.4 Å². The van der Waals surface area contributed by atoms with E-state index in [1.807, 2.05) is 13.8 Å². The topological polar surface area (TPSA) is 47.3 Å². The molecule has 0 saturated carbocycles. The van der Waals surface area contributed by atoms with Crippen molar-refractivity contribution in [1.29, 1.82) is 0 Å². The normalized spacial score (nSPS) is 11.2. The Hall–Kier alpha value is -0.870. The highest BCUT2D eigenvalue weighted by atomic mass is 16.5. The summed E-state index contributed by atoms with van der Waals surface area (Å²) in [7, 11) is 0. The zero-order chi connectivity index (χ0) is 11.8. The molecule has 0 aromatic carbocycles. The molecule has 0 aliphatic heterocycles. The zero-order valence-electron chi connectivity index (χ0n) is 10.5. The average Bonchev–Trinajstić information content (AvgIpc) is 2.70. The van der Waals surface area contributed by atoms with E-state index in [0.29, 0.717) is 6.61 Å². The SMILES string of the molecule is CCCNCCc1ncc(COC(C)C)o1. The highest BCUT2D eigenvalue weighted by Crippen LogP contribution is 2.06. The van der Waals surface area contributed by atoms with Gasteiger partial charge in [-0.05, 0) is 26.8 Å². The predicted octanol–water partition coefficient (Wildman–Crippen LogP) is 2.14. The molecule has 92 valence electrons. The Morgan fingerprint density at radius 3 is 2.94 bits per heavy atom. The number of oxazole rings is 1. The van der Waals surface area contributed by atoms with Crippen LogP contribution in [0.2, 0.25) is 0 Å². The summed E-state index contributed by atoms with van der Waals surface area (Å²) < 4.78 is 11.0. The molecule has 0 atom stereocenters. The van der Waals surface area contributed by atoms with Gasteiger partial charge in [-0.15, -0.1) is 0 Å². The van der Waals surface area contributed by atoms with Gasteiger partial charge < -0.3 is 14.5 Å². The summed E-state index contributed by atoms with van der Waals surface area (Å²) in [5, 5.41) is 3.31. The van der Waals surface area contributed by atoms with Gasteiger partial charge in [0.25, 0.3) is 0 Å². The molecule has 1 aromatic rings. The number of rotatable bonds is 8. The fraction of sp³-hybridized carbons (Fsp3) is 0.750. The van der Waals surface area contributed by atoms with Crippen LogP contribution < -0.4 is 5.32 Å². The summed E-state index contributed by atoms with van der Waals surface area (Å²) in [6, 6.07) is 0. The standard InChI is InChI=1S/C12H22N2O2/c1-4-6-13-7-5-12-14-8-11(16-12)9-15-10(2)3/h8,10,13H,4-7,9H2,1-3H3. The first-order valence-corrected chi connectivity index (χ1v) is 5.98. The number of nitrogens with one attached hydrogen (secondary N) is 1. The van der Waals surface area contributed by atoms with E-state index in [9.17, 15) is 0 Å². The van der Waals surface area contributed by atoms with Crippen LogP contribution in [0.1, 0.15) is 38.8 Å². The van der Waals surface area contributed by atoms with E-state index in [4.69, 9.17) is 9.15 Å². The first-order chi connectivity index (χ1) is 7.72. The molecule has 0 amide bonds.